The van der Waals surface area contributed by atoms with Crippen LogP contribution in [0.3, 0.4) is 0 Å². The smallest absolute Gasteiger partial charge is 0.243 e. The van der Waals surface area contributed by atoms with Gasteiger partial charge in [-0.15, -0.1) is 0 Å². The van der Waals surface area contributed by atoms with Crippen molar-refractivity contribution in [3.05, 3.63) is 53.3 Å². The van der Waals surface area contributed by atoms with Gasteiger partial charge < -0.3 is 15.4 Å². The predicted molar refractivity (Wildman–Crippen MR) is 81.5 cm³/mol. The van der Waals surface area contributed by atoms with Crippen molar-refractivity contribution in [1.29, 1.82) is 0 Å². The van der Waals surface area contributed by atoms with Crippen LogP contribution in [0.5, 0.6) is 5.75 Å². The molecule has 0 fully saturated rings. The molecule has 2 aromatic rings. The first-order valence-corrected chi connectivity index (χ1v) is 6.59. The van der Waals surface area contributed by atoms with E-state index in [2.05, 4.69) is 10.6 Å². The van der Waals surface area contributed by atoms with Crippen molar-refractivity contribution in [2.24, 2.45) is 0 Å². The van der Waals surface area contributed by atoms with Crippen LogP contribution in [0.15, 0.2) is 42.5 Å². The minimum absolute atomic E-state index is 0.000872. The Hall–Kier alpha value is -2.27. The first-order chi connectivity index (χ1) is 10.1. The van der Waals surface area contributed by atoms with E-state index in [0.717, 1.165) is 0 Å². The average molecular weight is 309 g/mol. The van der Waals surface area contributed by atoms with Crippen LogP contribution in [0.2, 0.25) is 5.02 Å². The molecule has 1 amide bonds. The highest BCUT2D eigenvalue weighted by Crippen LogP contribution is 2.27. The zero-order chi connectivity index (χ0) is 15.2. The van der Waals surface area contributed by atoms with Gasteiger partial charge in [-0.25, -0.2) is 4.39 Å². The second kappa shape index (κ2) is 6.95. The van der Waals surface area contributed by atoms with E-state index < -0.39 is 0 Å². The highest BCUT2D eigenvalue weighted by Gasteiger charge is 2.08. The Morgan fingerprint density at radius 3 is 2.81 bits per heavy atom. The molecule has 0 atom stereocenters. The molecule has 0 aromatic heterocycles. The van der Waals surface area contributed by atoms with Crippen molar-refractivity contribution in [2.45, 2.75) is 0 Å². The van der Waals surface area contributed by atoms with Crippen molar-refractivity contribution in [3.63, 3.8) is 0 Å². The van der Waals surface area contributed by atoms with Gasteiger partial charge in [0, 0.05) is 10.7 Å². The molecule has 0 aliphatic rings. The maximum atomic E-state index is 13.0. The van der Waals surface area contributed by atoms with Gasteiger partial charge in [-0.3, -0.25) is 4.79 Å². The van der Waals surface area contributed by atoms with Gasteiger partial charge in [0.2, 0.25) is 5.91 Å². The monoisotopic (exact) mass is 308 g/mol. The third kappa shape index (κ3) is 4.36. The third-order valence-corrected chi connectivity index (χ3v) is 2.95. The molecule has 0 spiro atoms. The third-order valence-electron chi connectivity index (χ3n) is 2.71. The number of amides is 1. The highest BCUT2D eigenvalue weighted by atomic mass is 35.5. The van der Waals surface area contributed by atoms with E-state index in [-0.39, 0.29) is 18.3 Å². The highest BCUT2D eigenvalue weighted by molar-refractivity contribution is 6.31. The minimum Gasteiger partial charge on any atom is -0.495 e. The second-order valence-electron chi connectivity index (χ2n) is 4.26. The molecule has 110 valence electrons. The summed E-state index contributed by atoms with van der Waals surface area (Å²) in [5, 5.41) is 6.00. The minimum atomic E-state index is -0.364. The standard InChI is InChI=1S/C15H14ClFN2O2/c1-21-14-6-5-10(16)7-13(14)19-15(20)9-18-12-4-2-3-11(17)8-12/h2-8,18H,9H2,1H3,(H,19,20). The molecule has 21 heavy (non-hydrogen) atoms. The van der Waals surface area contributed by atoms with Crippen molar-refractivity contribution in [1.82, 2.24) is 0 Å². The summed E-state index contributed by atoms with van der Waals surface area (Å²) in [6.45, 7) is -0.000872. The van der Waals surface area contributed by atoms with Crippen LogP contribution >= 0.6 is 11.6 Å². The van der Waals surface area contributed by atoms with E-state index in [1.54, 1.807) is 30.3 Å². The van der Waals surface area contributed by atoms with E-state index >= 15 is 0 Å². The molecule has 0 radical (unpaired) electrons. The summed E-state index contributed by atoms with van der Waals surface area (Å²) in [6, 6.07) is 10.8. The van der Waals surface area contributed by atoms with Gasteiger partial charge in [0.15, 0.2) is 0 Å². The number of halogens is 2. The number of benzene rings is 2. The fourth-order valence-electron chi connectivity index (χ4n) is 1.75. The average Bonchev–Trinajstić information content (AvgIpc) is 2.45. The van der Waals surface area contributed by atoms with Crippen molar-refractivity contribution in [3.8, 4) is 5.75 Å². The molecule has 2 rings (SSSR count). The lowest BCUT2D eigenvalue weighted by molar-refractivity contribution is -0.114. The first kappa shape index (κ1) is 15.1. The summed E-state index contributed by atoms with van der Waals surface area (Å²) in [5.74, 6) is -0.143. The van der Waals surface area contributed by atoms with Crippen LogP contribution in [0, 0.1) is 5.82 Å². The van der Waals surface area contributed by atoms with Crippen LogP contribution in [-0.4, -0.2) is 19.6 Å². The fraction of sp³-hybridized carbons (Fsp3) is 0.133. The molecular weight excluding hydrogens is 295 g/mol. The molecule has 0 unspecified atom stereocenters. The van der Waals surface area contributed by atoms with Crippen LogP contribution in [0.1, 0.15) is 0 Å². The van der Waals surface area contributed by atoms with E-state index in [1.165, 1.54) is 19.2 Å². The molecule has 0 bridgehead atoms. The summed E-state index contributed by atoms with van der Waals surface area (Å²) in [4.78, 5) is 11.9. The lowest BCUT2D eigenvalue weighted by atomic mass is 10.3. The van der Waals surface area contributed by atoms with Gasteiger partial charge in [-0.2, -0.15) is 0 Å². The Morgan fingerprint density at radius 1 is 1.29 bits per heavy atom. The lowest BCUT2D eigenvalue weighted by Gasteiger charge is -2.11. The van der Waals surface area contributed by atoms with Crippen LogP contribution in [0.4, 0.5) is 15.8 Å². The van der Waals surface area contributed by atoms with Gasteiger partial charge in [-0.1, -0.05) is 17.7 Å². The maximum absolute atomic E-state index is 13.0. The van der Waals surface area contributed by atoms with Crippen LogP contribution in [-0.2, 0) is 4.79 Å². The summed E-state index contributed by atoms with van der Waals surface area (Å²) in [5.41, 5.74) is 1.01. The van der Waals surface area contributed by atoms with E-state index in [4.69, 9.17) is 16.3 Å². The van der Waals surface area contributed by atoms with E-state index in [9.17, 15) is 9.18 Å². The number of hydrogen-bond acceptors (Lipinski definition) is 3. The van der Waals surface area contributed by atoms with Gasteiger partial charge in [0.25, 0.3) is 0 Å². The molecule has 2 aromatic carbocycles. The zero-order valence-electron chi connectivity index (χ0n) is 11.3. The molecule has 2 N–H and O–H groups in total. The Balaban J connectivity index is 1.97. The number of hydrogen-bond donors (Lipinski definition) is 2. The number of ether oxygens (including phenoxy) is 1. The largest absolute Gasteiger partial charge is 0.495 e. The van der Waals surface area contributed by atoms with Gasteiger partial charge in [-0.05, 0) is 36.4 Å². The van der Waals surface area contributed by atoms with Crippen molar-refractivity contribution < 1.29 is 13.9 Å². The Kier molecular flexibility index (Phi) is 5.00. The molecule has 0 aliphatic heterocycles. The number of nitrogens with one attached hydrogen (secondary N) is 2. The van der Waals surface area contributed by atoms with E-state index in [0.29, 0.717) is 22.1 Å². The van der Waals surface area contributed by atoms with Gasteiger partial charge in [0.05, 0.1) is 19.3 Å². The Morgan fingerprint density at radius 2 is 2.10 bits per heavy atom. The second-order valence-corrected chi connectivity index (χ2v) is 4.69. The summed E-state index contributed by atoms with van der Waals surface area (Å²) < 4.78 is 18.1. The van der Waals surface area contributed by atoms with Crippen molar-refractivity contribution >= 4 is 28.9 Å². The molecule has 0 aliphatic carbocycles. The molecule has 0 heterocycles. The number of carbonyl (C=O) groups excluding carboxylic acids is 1. The lowest BCUT2D eigenvalue weighted by Crippen LogP contribution is -2.22. The summed E-state index contributed by atoms with van der Waals surface area (Å²) in [7, 11) is 1.50. The van der Waals surface area contributed by atoms with Gasteiger partial charge >= 0.3 is 0 Å². The molecule has 0 saturated heterocycles. The maximum Gasteiger partial charge on any atom is 0.243 e. The number of rotatable bonds is 5. The zero-order valence-corrected chi connectivity index (χ0v) is 12.1. The number of anilines is 2. The van der Waals surface area contributed by atoms with Crippen molar-refractivity contribution in [2.75, 3.05) is 24.3 Å². The normalized spacial score (nSPS) is 10.0. The Bertz CT molecular complexity index is 649. The number of methoxy groups -OCH3 is 1. The SMILES string of the molecule is COc1ccc(Cl)cc1NC(=O)CNc1cccc(F)c1. The quantitative estimate of drug-likeness (QED) is 0.888. The fourth-order valence-corrected chi connectivity index (χ4v) is 1.93. The van der Waals surface area contributed by atoms with Crippen LogP contribution < -0.4 is 15.4 Å². The molecular formula is C15H14ClFN2O2. The molecule has 4 nitrogen and oxygen atoms in total. The topological polar surface area (TPSA) is 50.4 Å². The summed E-state index contributed by atoms with van der Waals surface area (Å²) in [6.07, 6.45) is 0. The predicted octanol–water partition coefficient (Wildman–Crippen LogP) is 3.54. The van der Waals surface area contributed by atoms with E-state index in [1.807, 2.05) is 0 Å². The Labute approximate surface area is 126 Å². The molecule has 6 heteroatoms. The first-order valence-electron chi connectivity index (χ1n) is 6.21. The molecule has 0 saturated carbocycles. The van der Waals surface area contributed by atoms with Gasteiger partial charge in [0.1, 0.15) is 11.6 Å². The number of carbonyl (C=O) groups is 1. The van der Waals surface area contributed by atoms with Crippen LogP contribution in [0.25, 0.3) is 0 Å². The summed E-state index contributed by atoms with van der Waals surface area (Å²) >= 11 is 5.88.